The molecule has 0 bridgehead atoms. The molecule has 1 aromatic heterocycles. The number of para-hydroxylation sites is 1. The average molecular weight is 454 g/mol. The maximum Gasteiger partial charge on any atom is 0.332 e. The van der Waals surface area contributed by atoms with Crippen molar-refractivity contribution in [3.63, 3.8) is 0 Å². The predicted octanol–water partition coefficient (Wildman–Crippen LogP) is 4.79. The minimum Gasteiger partial charge on any atom is -0.307 e. The Morgan fingerprint density at radius 2 is 1.87 bits per heavy atom. The van der Waals surface area contributed by atoms with Gasteiger partial charge in [0.15, 0.2) is 5.17 Å². The summed E-state index contributed by atoms with van der Waals surface area (Å²) in [6.07, 6.45) is 0. The fourth-order valence-electron chi connectivity index (χ4n) is 3.27. The van der Waals surface area contributed by atoms with E-state index in [1.165, 1.54) is 21.3 Å². The molecular formula is C22H20ClN5O2S. The van der Waals surface area contributed by atoms with Crippen LogP contribution in [0.5, 0.6) is 0 Å². The lowest BCUT2D eigenvalue weighted by Crippen LogP contribution is -2.41. The van der Waals surface area contributed by atoms with Crippen LogP contribution in [0.15, 0.2) is 75.9 Å². The van der Waals surface area contributed by atoms with Crippen LogP contribution in [0, 0.1) is 6.92 Å². The number of carbonyl (C=O) groups excluding carboxylic acids is 1. The smallest absolute Gasteiger partial charge is 0.307 e. The van der Waals surface area contributed by atoms with Crippen molar-refractivity contribution < 1.29 is 4.79 Å². The standard InChI is InChI=1S/C22H20ClN5O2S/c1-14-13-24-22(31-14)27(21(30)25-17-11-9-16(23)10-12-17)19-15(2)26(3)28(20(19)29)18-7-5-4-6-8-18/h4-12H,1,13H2,2-3H3,(H,25,30). The van der Waals surface area contributed by atoms with Crippen LogP contribution < -0.4 is 15.8 Å². The first kappa shape index (κ1) is 21.0. The van der Waals surface area contributed by atoms with Gasteiger partial charge < -0.3 is 5.32 Å². The highest BCUT2D eigenvalue weighted by Crippen LogP contribution is 2.30. The number of amides is 2. The summed E-state index contributed by atoms with van der Waals surface area (Å²) in [5.74, 6) is 0. The van der Waals surface area contributed by atoms with E-state index < -0.39 is 6.03 Å². The molecule has 4 rings (SSSR count). The SMILES string of the molecule is C=C1CN=C(N(C(=O)Nc2ccc(Cl)cc2)c2c(C)n(C)n(-c3ccccc3)c2=O)S1. The normalized spacial score (nSPS) is 13.3. The second-order valence-electron chi connectivity index (χ2n) is 6.92. The molecule has 0 atom stereocenters. The molecule has 158 valence electrons. The molecule has 1 aliphatic rings. The molecule has 2 aromatic carbocycles. The lowest BCUT2D eigenvalue weighted by atomic mass is 10.3. The summed E-state index contributed by atoms with van der Waals surface area (Å²) in [5, 5.41) is 3.80. The van der Waals surface area contributed by atoms with Gasteiger partial charge in [0.05, 0.1) is 17.9 Å². The number of halogens is 1. The zero-order valence-electron chi connectivity index (χ0n) is 17.0. The minimum atomic E-state index is -0.491. The van der Waals surface area contributed by atoms with Crippen LogP contribution in [0.2, 0.25) is 5.02 Å². The van der Waals surface area contributed by atoms with Gasteiger partial charge in [0.1, 0.15) is 5.69 Å². The van der Waals surface area contributed by atoms with Gasteiger partial charge in [0.2, 0.25) is 0 Å². The Balaban J connectivity index is 1.81. The number of rotatable bonds is 3. The van der Waals surface area contributed by atoms with Crippen molar-refractivity contribution in [1.82, 2.24) is 9.36 Å². The topological polar surface area (TPSA) is 71.6 Å². The van der Waals surface area contributed by atoms with Gasteiger partial charge in [-0.05, 0) is 43.3 Å². The number of benzene rings is 2. The van der Waals surface area contributed by atoms with Crippen LogP contribution in [0.3, 0.4) is 0 Å². The summed E-state index contributed by atoms with van der Waals surface area (Å²) in [6.45, 7) is 6.13. The minimum absolute atomic E-state index is 0.235. The summed E-state index contributed by atoms with van der Waals surface area (Å²) in [6, 6.07) is 15.5. The molecule has 0 fully saturated rings. The van der Waals surface area contributed by atoms with E-state index in [2.05, 4.69) is 16.9 Å². The highest BCUT2D eigenvalue weighted by atomic mass is 35.5. The van der Waals surface area contributed by atoms with Crippen molar-refractivity contribution in [3.8, 4) is 5.69 Å². The molecule has 0 saturated carbocycles. The number of carbonyl (C=O) groups is 1. The number of aliphatic imine (C=N–C) groups is 1. The van der Waals surface area contributed by atoms with Gasteiger partial charge in [-0.2, -0.15) is 0 Å². The number of hydrogen-bond donors (Lipinski definition) is 1. The Kier molecular flexibility index (Phi) is 5.75. The molecule has 0 radical (unpaired) electrons. The number of amidine groups is 1. The number of hydrogen-bond acceptors (Lipinski definition) is 4. The predicted molar refractivity (Wildman–Crippen MR) is 128 cm³/mol. The molecule has 31 heavy (non-hydrogen) atoms. The molecule has 0 aliphatic carbocycles. The maximum atomic E-state index is 13.5. The van der Waals surface area contributed by atoms with E-state index in [0.717, 1.165) is 4.91 Å². The average Bonchev–Trinajstić information content (AvgIpc) is 3.27. The monoisotopic (exact) mass is 453 g/mol. The first-order chi connectivity index (χ1) is 14.9. The van der Waals surface area contributed by atoms with E-state index >= 15 is 0 Å². The summed E-state index contributed by atoms with van der Waals surface area (Å²) < 4.78 is 3.26. The largest absolute Gasteiger partial charge is 0.332 e. The van der Waals surface area contributed by atoms with Crippen LogP contribution in [-0.4, -0.2) is 27.1 Å². The molecule has 9 heteroatoms. The molecule has 1 aliphatic heterocycles. The molecule has 1 N–H and O–H groups in total. The quantitative estimate of drug-likeness (QED) is 0.619. The van der Waals surface area contributed by atoms with Gasteiger partial charge in [-0.3, -0.25) is 14.5 Å². The zero-order chi connectivity index (χ0) is 22.1. The molecule has 0 unspecified atom stereocenters. The first-order valence-corrected chi connectivity index (χ1v) is 10.7. The fourth-order valence-corrected chi connectivity index (χ4v) is 4.18. The molecule has 2 amide bonds. The van der Waals surface area contributed by atoms with Gasteiger partial charge in [-0.1, -0.05) is 48.1 Å². The van der Waals surface area contributed by atoms with Crippen molar-refractivity contribution in [2.75, 3.05) is 16.8 Å². The number of aromatic nitrogens is 2. The highest BCUT2D eigenvalue weighted by molar-refractivity contribution is 8.17. The molecule has 0 saturated heterocycles. The van der Waals surface area contributed by atoms with E-state index in [1.807, 2.05) is 30.3 Å². The maximum absolute atomic E-state index is 13.5. The van der Waals surface area contributed by atoms with Crippen LogP contribution in [0.4, 0.5) is 16.2 Å². The first-order valence-electron chi connectivity index (χ1n) is 9.47. The van der Waals surface area contributed by atoms with Crippen molar-refractivity contribution in [2.24, 2.45) is 12.0 Å². The number of anilines is 2. The lowest BCUT2D eigenvalue weighted by molar-refractivity contribution is 0.259. The van der Waals surface area contributed by atoms with E-state index in [4.69, 9.17) is 11.6 Å². The molecular weight excluding hydrogens is 434 g/mol. The van der Waals surface area contributed by atoms with Crippen molar-refractivity contribution in [2.45, 2.75) is 6.92 Å². The van der Waals surface area contributed by atoms with Gasteiger partial charge in [0, 0.05) is 22.7 Å². The molecule has 2 heterocycles. The fraction of sp³-hybridized carbons (Fsp3) is 0.136. The number of thioether (sulfide) groups is 1. The van der Waals surface area contributed by atoms with Gasteiger partial charge in [0.25, 0.3) is 5.56 Å². The lowest BCUT2D eigenvalue weighted by Gasteiger charge is -2.21. The second kappa shape index (κ2) is 8.49. The zero-order valence-corrected chi connectivity index (χ0v) is 18.6. The van der Waals surface area contributed by atoms with Crippen molar-refractivity contribution in [3.05, 3.63) is 87.2 Å². The number of nitrogens with zero attached hydrogens (tertiary/aromatic N) is 4. The number of nitrogens with one attached hydrogen (secondary N) is 1. The Bertz CT molecular complexity index is 1250. The van der Waals surface area contributed by atoms with Gasteiger partial charge >= 0.3 is 6.03 Å². The Hall–Kier alpha value is -3.23. The molecule has 0 spiro atoms. The third-order valence-corrected chi connectivity index (χ3v) is 6.03. The van der Waals surface area contributed by atoms with Crippen molar-refractivity contribution in [1.29, 1.82) is 0 Å². The Labute approximate surface area is 188 Å². The van der Waals surface area contributed by atoms with E-state index in [0.29, 0.717) is 33.8 Å². The van der Waals surface area contributed by atoms with Crippen LogP contribution >= 0.6 is 23.4 Å². The Morgan fingerprint density at radius 1 is 1.19 bits per heavy atom. The summed E-state index contributed by atoms with van der Waals surface area (Å²) in [4.78, 5) is 33.4. The van der Waals surface area contributed by atoms with E-state index in [1.54, 1.807) is 42.9 Å². The van der Waals surface area contributed by atoms with Crippen LogP contribution in [-0.2, 0) is 7.05 Å². The van der Waals surface area contributed by atoms with Gasteiger partial charge in [-0.15, -0.1) is 0 Å². The summed E-state index contributed by atoms with van der Waals surface area (Å²) >= 11 is 7.22. The van der Waals surface area contributed by atoms with E-state index in [9.17, 15) is 9.59 Å². The van der Waals surface area contributed by atoms with Crippen LogP contribution in [0.25, 0.3) is 5.69 Å². The highest BCUT2D eigenvalue weighted by Gasteiger charge is 2.32. The Morgan fingerprint density at radius 3 is 2.48 bits per heavy atom. The van der Waals surface area contributed by atoms with E-state index in [-0.39, 0.29) is 11.2 Å². The third-order valence-electron chi connectivity index (χ3n) is 4.86. The van der Waals surface area contributed by atoms with Crippen LogP contribution in [0.1, 0.15) is 5.69 Å². The second-order valence-corrected chi connectivity index (χ2v) is 8.51. The number of urea groups is 1. The summed E-state index contributed by atoms with van der Waals surface area (Å²) in [5.41, 5.74) is 1.80. The molecule has 3 aromatic rings. The third kappa shape index (κ3) is 4.04. The molecule has 7 nitrogen and oxygen atoms in total. The van der Waals surface area contributed by atoms with Gasteiger partial charge in [-0.25, -0.2) is 14.4 Å². The summed E-state index contributed by atoms with van der Waals surface area (Å²) in [7, 11) is 1.78. The van der Waals surface area contributed by atoms with Crippen molar-refractivity contribution >= 4 is 45.9 Å².